The Bertz CT molecular complexity index is 703. The lowest BCUT2D eigenvalue weighted by molar-refractivity contribution is -0.138. The molecule has 0 fully saturated rings. The molecular formula is C14H6Br2F6. The number of benzene rings is 2. The molecule has 0 saturated carbocycles. The molecule has 0 heterocycles. The Morgan fingerprint density at radius 1 is 0.591 bits per heavy atom. The van der Waals surface area contributed by atoms with Crippen LogP contribution in [0.2, 0.25) is 0 Å². The fourth-order valence-corrected chi connectivity index (χ4v) is 2.87. The van der Waals surface area contributed by atoms with Crippen LogP contribution in [0.25, 0.3) is 11.1 Å². The van der Waals surface area contributed by atoms with Crippen molar-refractivity contribution in [3.63, 3.8) is 0 Å². The van der Waals surface area contributed by atoms with E-state index >= 15 is 0 Å². The highest BCUT2D eigenvalue weighted by Crippen LogP contribution is 2.40. The van der Waals surface area contributed by atoms with Crippen LogP contribution in [0.5, 0.6) is 0 Å². The van der Waals surface area contributed by atoms with Crippen molar-refractivity contribution in [2.24, 2.45) is 0 Å². The Kier molecular flexibility index (Phi) is 4.64. The summed E-state index contributed by atoms with van der Waals surface area (Å²) in [5.74, 6) is 0. The molecule has 2 rings (SSSR count). The van der Waals surface area contributed by atoms with Crippen molar-refractivity contribution in [1.29, 1.82) is 0 Å². The summed E-state index contributed by atoms with van der Waals surface area (Å²) in [5.41, 5.74) is -1.38. The average molecular weight is 448 g/mol. The molecule has 0 amide bonds. The molecule has 2 aromatic rings. The highest BCUT2D eigenvalue weighted by Gasteiger charge is 2.32. The van der Waals surface area contributed by atoms with Gasteiger partial charge in [0.2, 0.25) is 0 Å². The molecule has 22 heavy (non-hydrogen) atoms. The summed E-state index contributed by atoms with van der Waals surface area (Å²) in [6, 6.07) is 5.78. The molecule has 0 spiro atoms. The molecule has 0 unspecified atom stereocenters. The second kappa shape index (κ2) is 5.88. The van der Waals surface area contributed by atoms with E-state index in [1.807, 2.05) is 0 Å². The Balaban J connectivity index is 2.57. The van der Waals surface area contributed by atoms with Gasteiger partial charge in [0, 0.05) is 8.95 Å². The summed E-state index contributed by atoms with van der Waals surface area (Å²) < 4.78 is 76.6. The Labute approximate surface area is 138 Å². The molecule has 0 aliphatic rings. The molecule has 0 saturated heterocycles. The van der Waals surface area contributed by atoms with Gasteiger partial charge in [-0.05, 0) is 41.5 Å². The number of halogens is 8. The predicted molar refractivity (Wildman–Crippen MR) is 77.3 cm³/mol. The van der Waals surface area contributed by atoms with Crippen molar-refractivity contribution in [2.75, 3.05) is 0 Å². The quantitative estimate of drug-likeness (QED) is 0.416. The van der Waals surface area contributed by atoms with Crippen LogP contribution < -0.4 is 0 Å². The maximum Gasteiger partial charge on any atom is 0.416 e. The normalized spacial score (nSPS) is 12.5. The minimum absolute atomic E-state index is 0.0577. The van der Waals surface area contributed by atoms with Crippen molar-refractivity contribution >= 4 is 31.9 Å². The summed E-state index contributed by atoms with van der Waals surface area (Å²) in [5, 5.41) is 0. The predicted octanol–water partition coefficient (Wildman–Crippen LogP) is 6.92. The monoisotopic (exact) mass is 446 g/mol. The number of alkyl halides is 6. The SMILES string of the molecule is FC(F)(F)c1ccc(-c2cc(C(F)(F)F)ccc2Br)c(Br)c1. The molecule has 0 nitrogen and oxygen atoms in total. The standard InChI is InChI=1S/C14H6Br2F6/c15-11-4-2-7(13(17,18)19)5-10(11)9-3-1-8(6-12(9)16)14(20,21)22/h1-6H. The lowest BCUT2D eigenvalue weighted by Crippen LogP contribution is -2.06. The van der Waals surface area contributed by atoms with Gasteiger partial charge in [-0.25, -0.2) is 0 Å². The van der Waals surface area contributed by atoms with Crippen molar-refractivity contribution in [2.45, 2.75) is 12.4 Å². The van der Waals surface area contributed by atoms with Crippen LogP contribution in [0.15, 0.2) is 45.3 Å². The van der Waals surface area contributed by atoms with E-state index in [1.54, 1.807) is 0 Å². The lowest BCUT2D eigenvalue weighted by Gasteiger charge is -2.14. The fraction of sp³-hybridized carbons (Fsp3) is 0.143. The summed E-state index contributed by atoms with van der Waals surface area (Å²) >= 11 is 6.10. The first-order chi connectivity index (χ1) is 10.00. The molecule has 0 N–H and O–H groups in total. The van der Waals surface area contributed by atoms with E-state index in [9.17, 15) is 26.3 Å². The van der Waals surface area contributed by atoms with Gasteiger partial charge in [0.1, 0.15) is 0 Å². The molecule has 0 atom stereocenters. The highest BCUT2D eigenvalue weighted by molar-refractivity contribution is 9.11. The third-order valence-electron chi connectivity index (χ3n) is 2.88. The van der Waals surface area contributed by atoms with E-state index in [0.717, 1.165) is 30.3 Å². The van der Waals surface area contributed by atoms with Crippen molar-refractivity contribution in [1.82, 2.24) is 0 Å². The summed E-state index contributed by atoms with van der Waals surface area (Å²) in [6.07, 6.45) is -9.06. The van der Waals surface area contributed by atoms with E-state index in [0.29, 0.717) is 4.47 Å². The van der Waals surface area contributed by atoms with Gasteiger partial charge in [0.25, 0.3) is 0 Å². The average Bonchev–Trinajstić information content (AvgIpc) is 2.37. The van der Waals surface area contributed by atoms with E-state index in [1.165, 1.54) is 6.07 Å². The van der Waals surface area contributed by atoms with Crippen molar-refractivity contribution in [3.8, 4) is 11.1 Å². The number of hydrogen-bond acceptors (Lipinski definition) is 0. The fourth-order valence-electron chi connectivity index (χ4n) is 1.82. The lowest BCUT2D eigenvalue weighted by atomic mass is 10.0. The maximum absolute atomic E-state index is 12.8. The molecule has 118 valence electrons. The zero-order valence-corrected chi connectivity index (χ0v) is 13.7. The highest BCUT2D eigenvalue weighted by atomic mass is 79.9. The summed E-state index contributed by atoms with van der Waals surface area (Å²) in [6.45, 7) is 0. The van der Waals surface area contributed by atoms with E-state index < -0.39 is 23.5 Å². The molecule has 0 aliphatic heterocycles. The number of rotatable bonds is 1. The first-order valence-corrected chi connectivity index (χ1v) is 7.32. The van der Waals surface area contributed by atoms with Gasteiger partial charge < -0.3 is 0 Å². The van der Waals surface area contributed by atoms with E-state index in [2.05, 4.69) is 31.9 Å². The Morgan fingerprint density at radius 2 is 1.09 bits per heavy atom. The topological polar surface area (TPSA) is 0 Å². The number of hydrogen-bond donors (Lipinski definition) is 0. The van der Waals surface area contributed by atoms with Crippen LogP contribution in [0.3, 0.4) is 0 Å². The van der Waals surface area contributed by atoms with Crippen LogP contribution in [0.1, 0.15) is 11.1 Å². The van der Waals surface area contributed by atoms with Crippen LogP contribution in [0, 0.1) is 0 Å². The Morgan fingerprint density at radius 3 is 1.59 bits per heavy atom. The first-order valence-electron chi connectivity index (χ1n) is 5.74. The molecule has 0 aliphatic carbocycles. The largest absolute Gasteiger partial charge is 0.416 e. The van der Waals surface area contributed by atoms with Crippen LogP contribution in [-0.4, -0.2) is 0 Å². The first kappa shape index (κ1) is 17.3. The van der Waals surface area contributed by atoms with Gasteiger partial charge in [-0.15, -0.1) is 0 Å². The van der Waals surface area contributed by atoms with Gasteiger partial charge in [-0.3, -0.25) is 0 Å². The van der Waals surface area contributed by atoms with Crippen LogP contribution >= 0.6 is 31.9 Å². The van der Waals surface area contributed by atoms with Gasteiger partial charge >= 0.3 is 12.4 Å². The minimum Gasteiger partial charge on any atom is -0.166 e. The molecule has 8 heteroatoms. The minimum atomic E-state index is -4.53. The molecule has 0 aromatic heterocycles. The summed E-state index contributed by atoms with van der Waals surface area (Å²) in [7, 11) is 0. The van der Waals surface area contributed by atoms with Gasteiger partial charge in [0.05, 0.1) is 11.1 Å². The van der Waals surface area contributed by atoms with Gasteiger partial charge in [-0.2, -0.15) is 26.3 Å². The molecule has 2 aromatic carbocycles. The zero-order chi connectivity index (χ0) is 16.7. The van der Waals surface area contributed by atoms with Gasteiger partial charge in [-0.1, -0.05) is 37.9 Å². The van der Waals surface area contributed by atoms with Crippen molar-refractivity contribution < 1.29 is 26.3 Å². The van der Waals surface area contributed by atoms with Gasteiger partial charge in [0.15, 0.2) is 0 Å². The third-order valence-corrected chi connectivity index (χ3v) is 4.23. The van der Waals surface area contributed by atoms with Crippen LogP contribution in [0.4, 0.5) is 26.3 Å². The third kappa shape index (κ3) is 3.65. The van der Waals surface area contributed by atoms with Crippen molar-refractivity contribution in [3.05, 3.63) is 56.5 Å². The van der Waals surface area contributed by atoms with E-state index in [4.69, 9.17) is 0 Å². The molecular weight excluding hydrogens is 442 g/mol. The maximum atomic E-state index is 12.8. The molecule has 0 bridgehead atoms. The smallest absolute Gasteiger partial charge is 0.166 e. The molecule has 0 radical (unpaired) electrons. The summed E-state index contributed by atoms with van der Waals surface area (Å²) in [4.78, 5) is 0. The second-order valence-corrected chi connectivity index (χ2v) is 6.09. The van der Waals surface area contributed by atoms with Crippen LogP contribution in [-0.2, 0) is 12.4 Å². The zero-order valence-electron chi connectivity index (χ0n) is 10.5. The van der Waals surface area contributed by atoms with E-state index in [-0.39, 0.29) is 15.6 Å². The Hall–Kier alpha value is -1.02. The second-order valence-electron chi connectivity index (χ2n) is 4.38.